The number of imidazole rings is 2. The third-order valence-electron chi connectivity index (χ3n) is 5.82. The first-order valence-electron chi connectivity index (χ1n) is 11.6. The van der Waals surface area contributed by atoms with Crippen LogP contribution < -0.4 is 21.7 Å². The summed E-state index contributed by atoms with van der Waals surface area (Å²) in [5.74, 6) is -3.74. The van der Waals surface area contributed by atoms with Gasteiger partial charge in [-0.05, 0) is 12.8 Å². The Morgan fingerprint density at radius 3 is 1.78 bits per heavy atom. The lowest BCUT2D eigenvalue weighted by molar-refractivity contribution is -0.143. The highest BCUT2D eigenvalue weighted by Gasteiger charge is 2.33. The number of aliphatic hydroxyl groups excluding tert-OH is 1. The number of amides is 3. The molecule has 0 aromatic carbocycles. The van der Waals surface area contributed by atoms with Crippen LogP contribution in [0.5, 0.6) is 0 Å². The molecule has 0 bridgehead atoms. The smallest absolute Gasteiger partial charge is 0.326 e. The number of carboxylic acid groups (broad SMARTS) is 1. The van der Waals surface area contributed by atoms with E-state index in [4.69, 9.17) is 5.73 Å². The second kappa shape index (κ2) is 13.3. The lowest BCUT2D eigenvalue weighted by Gasteiger charge is -2.26. The predicted octanol–water partition coefficient (Wildman–Crippen LogP) is -1.79. The van der Waals surface area contributed by atoms with Crippen LogP contribution in [0.1, 0.15) is 38.6 Å². The van der Waals surface area contributed by atoms with Crippen molar-refractivity contribution in [3.8, 4) is 0 Å². The van der Waals surface area contributed by atoms with Gasteiger partial charge in [0.15, 0.2) is 0 Å². The fourth-order valence-corrected chi connectivity index (χ4v) is 3.35. The van der Waals surface area contributed by atoms with E-state index in [1.165, 1.54) is 32.0 Å². The Balaban J connectivity index is 2.26. The molecule has 2 heterocycles. The van der Waals surface area contributed by atoms with Crippen molar-refractivity contribution in [2.45, 2.75) is 70.3 Å². The average molecular weight is 507 g/mol. The fraction of sp³-hybridized carbons (Fsp3) is 0.545. The number of aliphatic hydroxyl groups is 1. The first kappa shape index (κ1) is 28.5. The summed E-state index contributed by atoms with van der Waals surface area (Å²) in [4.78, 5) is 64.1. The van der Waals surface area contributed by atoms with E-state index < -0.39 is 54.0 Å². The standard InChI is InChI=1S/C22H34N8O6/c1-4-11(2)18(22(35)36)30-20(33)16(6-14-8-25-10-27-14)28-19(32)15(5-13-7-24-9-26-13)29-21(34)17(23)12(3)31/h7-12,15-18,31H,4-6,23H2,1-3H3,(H,24,26)(H,25,27)(H,28,32)(H,29,34)(H,30,33)(H,35,36). The Morgan fingerprint density at radius 2 is 1.39 bits per heavy atom. The molecule has 0 aliphatic heterocycles. The summed E-state index contributed by atoms with van der Waals surface area (Å²) in [6.07, 6.45) is 5.09. The summed E-state index contributed by atoms with van der Waals surface area (Å²) >= 11 is 0. The third kappa shape index (κ3) is 8.16. The van der Waals surface area contributed by atoms with E-state index in [0.717, 1.165) is 0 Å². The van der Waals surface area contributed by atoms with E-state index in [1.807, 2.05) is 0 Å². The van der Waals surface area contributed by atoms with Crippen LogP contribution in [0.3, 0.4) is 0 Å². The molecular formula is C22H34N8O6. The highest BCUT2D eigenvalue weighted by atomic mass is 16.4. The SMILES string of the molecule is CCC(C)C(NC(=O)C(Cc1cnc[nH]1)NC(=O)C(Cc1cnc[nH]1)NC(=O)C(N)C(C)O)C(=O)O. The maximum absolute atomic E-state index is 13.3. The molecule has 0 radical (unpaired) electrons. The molecule has 14 nitrogen and oxygen atoms in total. The normalized spacial score (nSPS) is 16.1. The molecule has 0 spiro atoms. The van der Waals surface area contributed by atoms with Crippen molar-refractivity contribution < 1.29 is 29.4 Å². The number of aromatic nitrogens is 4. The number of carbonyl (C=O) groups is 4. The minimum atomic E-state index is -1.28. The second-order valence-corrected chi connectivity index (χ2v) is 8.66. The van der Waals surface area contributed by atoms with Crippen molar-refractivity contribution in [2.75, 3.05) is 0 Å². The molecule has 14 heteroatoms. The van der Waals surface area contributed by atoms with Gasteiger partial charge in [0.2, 0.25) is 17.7 Å². The number of hydrogen-bond acceptors (Lipinski definition) is 8. The number of rotatable bonds is 14. The van der Waals surface area contributed by atoms with Gasteiger partial charge in [0.05, 0.1) is 18.8 Å². The minimum Gasteiger partial charge on any atom is -0.480 e. The van der Waals surface area contributed by atoms with Crippen LogP contribution >= 0.6 is 0 Å². The highest BCUT2D eigenvalue weighted by molar-refractivity contribution is 5.94. The van der Waals surface area contributed by atoms with Crippen LogP contribution in [0.4, 0.5) is 0 Å². The number of H-pyrrole nitrogens is 2. The molecule has 0 aliphatic carbocycles. The van der Waals surface area contributed by atoms with Crippen molar-refractivity contribution in [1.29, 1.82) is 0 Å². The van der Waals surface area contributed by atoms with Crippen molar-refractivity contribution in [2.24, 2.45) is 11.7 Å². The molecule has 2 rings (SSSR count). The van der Waals surface area contributed by atoms with Gasteiger partial charge in [0, 0.05) is 36.6 Å². The molecule has 3 amide bonds. The zero-order valence-electron chi connectivity index (χ0n) is 20.4. The van der Waals surface area contributed by atoms with Gasteiger partial charge >= 0.3 is 5.97 Å². The number of aliphatic carboxylic acids is 1. The Kier molecular flexibility index (Phi) is 10.5. The maximum Gasteiger partial charge on any atom is 0.326 e. The maximum atomic E-state index is 13.3. The highest BCUT2D eigenvalue weighted by Crippen LogP contribution is 2.10. The van der Waals surface area contributed by atoms with Crippen LogP contribution in [-0.2, 0) is 32.0 Å². The van der Waals surface area contributed by atoms with Crippen molar-refractivity contribution in [3.63, 3.8) is 0 Å². The van der Waals surface area contributed by atoms with Gasteiger partial charge in [0.25, 0.3) is 0 Å². The molecule has 0 saturated heterocycles. The number of nitrogens with zero attached hydrogens (tertiary/aromatic N) is 2. The average Bonchev–Trinajstić information content (AvgIpc) is 3.54. The number of carboxylic acids is 1. The zero-order valence-corrected chi connectivity index (χ0v) is 20.4. The first-order valence-corrected chi connectivity index (χ1v) is 11.6. The minimum absolute atomic E-state index is 0.00683. The molecular weight excluding hydrogens is 472 g/mol. The van der Waals surface area contributed by atoms with Gasteiger partial charge in [-0.25, -0.2) is 14.8 Å². The molecule has 2 aromatic heterocycles. The second-order valence-electron chi connectivity index (χ2n) is 8.66. The summed E-state index contributed by atoms with van der Waals surface area (Å²) in [6.45, 7) is 4.84. The molecule has 0 saturated carbocycles. The molecule has 6 unspecified atom stereocenters. The Morgan fingerprint density at radius 1 is 0.917 bits per heavy atom. The molecule has 36 heavy (non-hydrogen) atoms. The molecule has 198 valence electrons. The van der Waals surface area contributed by atoms with Crippen LogP contribution in [0, 0.1) is 5.92 Å². The largest absolute Gasteiger partial charge is 0.480 e. The molecule has 6 atom stereocenters. The van der Waals surface area contributed by atoms with Gasteiger partial charge in [0.1, 0.15) is 24.2 Å². The van der Waals surface area contributed by atoms with Crippen LogP contribution in [-0.4, -0.2) is 84.1 Å². The van der Waals surface area contributed by atoms with Gasteiger partial charge in [-0.3, -0.25) is 14.4 Å². The lowest BCUT2D eigenvalue weighted by Crippen LogP contribution is -2.59. The van der Waals surface area contributed by atoms with Gasteiger partial charge in [-0.2, -0.15) is 0 Å². The Bertz CT molecular complexity index is 994. The third-order valence-corrected chi connectivity index (χ3v) is 5.82. The van der Waals surface area contributed by atoms with Crippen molar-refractivity contribution in [3.05, 3.63) is 36.4 Å². The van der Waals surface area contributed by atoms with Crippen molar-refractivity contribution in [1.82, 2.24) is 35.9 Å². The van der Waals surface area contributed by atoms with E-state index in [9.17, 15) is 29.4 Å². The monoisotopic (exact) mass is 506 g/mol. The molecule has 2 aromatic rings. The summed E-state index contributed by atoms with van der Waals surface area (Å²) in [6, 6.07) is -4.80. The number of hydrogen-bond donors (Lipinski definition) is 8. The van der Waals surface area contributed by atoms with E-state index in [1.54, 1.807) is 13.8 Å². The summed E-state index contributed by atoms with van der Waals surface area (Å²) in [5.41, 5.74) is 6.75. The summed E-state index contributed by atoms with van der Waals surface area (Å²) in [5, 5.41) is 26.8. The number of nitrogens with two attached hydrogens (primary N) is 1. The summed E-state index contributed by atoms with van der Waals surface area (Å²) in [7, 11) is 0. The van der Waals surface area contributed by atoms with Gasteiger partial charge < -0.3 is 41.9 Å². The molecule has 0 aliphatic rings. The predicted molar refractivity (Wildman–Crippen MR) is 127 cm³/mol. The Hall–Kier alpha value is -3.78. The lowest BCUT2D eigenvalue weighted by atomic mass is 9.98. The van der Waals surface area contributed by atoms with Crippen LogP contribution in [0.15, 0.2) is 25.0 Å². The molecule has 9 N–H and O–H groups in total. The quantitative estimate of drug-likeness (QED) is 0.144. The van der Waals surface area contributed by atoms with E-state index >= 15 is 0 Å². The first-order chi connectivity index (χ1) is 17.0. The number of nitrogens with one attached hydrogen (secondary N) is 5. The van der Waals surface area contributed by atoms with E-state index in [-0.39, 0.29) is 18.8 Å². The fourth-order valence-electron chi connectivity index (χ4n) is 3.35. The molecule has 0 fully saturated rings. The number of aromatic amines is 2. The Labute approximate surface area is 207 Å². The number of carbonyl (C=O) groups excluding carboxylic acids is 3. The van der Waals surface area contributed by atoms with Crippen LogP contribution in [0.2, 0.25) is 0 Å². The van der Waals surface area contributed by atoms with E-state index in [0.29, 0.717) is 17.8 Å². The zero-order chi connectivity index (χ0) is 26.8. The van der Waals surface area contributed by atoms with Crippen molar-refractivity contribution >= 4 is 23.7 Å². The summed E-state index contributed by atoms with van der Waals surface area (Å²) < 4.78 is 0. The van der Waals surface area contributed by atoms with Gasteiger partial charge in [-0.15, -0.1) is 0 Å². The van der Waals surface area contributed by atoms with Crippen LogP contribution in [0.25, 0.3) is 0 Å². The van der Waals surface area contributed by atoms with Gasteiger partial charge in [-0.1, -0.05) is 20.3 Å². The topological polar surface area (TPSA) is 228 Å². The van der Waals surface area contributed by atoms with E-state index in [2.05, 4.69) is 35.9 Å².